The van der Waals surface area contributed by atoms with E-state index < -0.39 is 0 Å². The van der Waals surface area contributed by atoms with E-state index in [4.69, 9.17) is 9.98 Å². The van der Waals surface area contributed by atoms with E-state index in [0.717, 1.165) is 11.4 Å². The van der Waals surface area contributed by atoms with E-state index in [-0.39, 0.29) is 1.43 Å². The molecule has 0 aromatic heterocycles. The molecule has 6 nitrogen and oxygen atoms in total. The lowest BCUT2D eigenvalue weighted by atomic mass is 10.1. The fourth-order valence-electron chi connectivity index (χ4n) is 7.22. The molecular formula is C32H39N6+. The monoisotopic (exact) mass is 507 g/mol. The van der Waals surface area contributed by atoms with Crippen molar-refractivity contribution in [2.45, 2.75) is 51.4 Å². The Morgan fingerprint density at radius 2 is 0.763 bits per heavy atom. The molecular weight excluding hydrogens is 468 g/mol. The van der Waals surface area contributed by atoms with Crippen LogP contribution in [0.25, 0.3) is 10.8 Å². The van der Waals surface area contributed by atoms with E-state index in [0.29, 0.717) is 0 Å². The van der Waals surface area contributed by atoms with Gasteiger partial charge in [-0.25, -0.2) is 9.98 Å². The van der Waals surface area contributed by atoms with Crippen LogP contribution in [0.15, 0.2) is 46.4 Å². The van der Waals surface area contributed by atoms with Crippen LogP contribution in [-0.4, -0.2) is 52.4 Å². The molecule has 4 heterocycles. The summed E-state index contributed by atoms with van der Waals surface area (Å²) in [6.07, 6.45) is 10.4. The Morgan fingerprint density at radius 1 is 0.447 bits per heavy atom. The molecule has 0 unspecified atom stereocenters. The van der Waals surface area contributed by atoms with Crippen molar-refractivity contribution in [3.05, 3.63) is 47.1 Å². The number of fused-ring (bicyclic) bond motifs is 1. The Labute approximate surface area is 226 Å². The number of benzene rings is 2. The van der Waals surface area contributed by atoms with Gasteiger partial charge >= 0.3 is 1.43 Å². The highest BCUT2D eigenvalue weighted by atomic mass is 15.3. The van der Waals surface area contributed by atoms with Crippen molar-refractivity contribution < 1.29 is 1.43 Å². The van der Waals surface area contributed by atoms with Gasteiger partial charge in [-0.05, 0) is 68.9 Å². The normalized spacial score (nSPS) is 20.3. The third kappa shape index (κ3) is 3.83. The quantitative estimate of drug-likeness (QED) is 0.342. The molecule has 4 aliphatic rings. The predicted molar refractivity (Wildman–Crippen MR) is 159 cm³/mol. The van der Waals surface area contributed by atoms with Gasteiger partial charge in [-0.1, -0.05) is 24.3 Å². The van der Waals surface area contributed by atoms with E-state index >= 15 is 0 Å². The molecule has 4 aliphatic heterocycles. The molecule has 4 aromatic rings. The minimum atomic E-state index is 0. The van der Waals surface area contributed by atoms with Gasteiger partial charge in [0.05, 0.1) is 34.1 Å². The SMILES string of the molecule is [H+].c1cc(N=c2c(N3CCCC3)c2N2CCCC2)c2c(N=c3c(N4CCCC4)c3N3CCCC3)cccc2c1. The van der Waals surface area contributed by atoms with Gasteiger partial charge in [0.1, 0.15) is 10.7 Å². The number of rotatable bonds is 6. The van der Waals surface area contributed by atoms with Crippen molar-refractivity contribution in [3.63, 3.8) is 0 Å². The predicted octanol–water partition coefficient (Wildman–Crippen LogP) is 5.57. The van der Waals surface area contributed by atoms with Gasteiger partial charge in [-0.15, -0.1) is 0 Å². The maximum atomic E-state index is 5.39. The first-order chi connectivity index (χ1) is 18.9. The fraction of sp³-hybridized carbons (Fsp3) is 0.500. The summed E-state index contributed by atoms with van der Waals surface area (Å²) in [5.74, 6) is 0. The average Bonchev–Trinajstić information content (AvgIpc) is 3.51. The Kier molecular flexibility index (Phi) is 5.48. The second kappa shape index (κ2) is 9.18. The second-order valence-electron chi connectivity index (χ2n) is 11.7. The topological polar surface area (TPSA) is 37.7 Å². The summed E-state index contributed by atoms with van der Waals surface area (Å²) < 4.78 is 0. The fourth-order valence-corrected chi connectivity index (χ4v) is 7.22. The first kappa shape index (κ1) is 22.7. The van der Waals surface area contributed by atoms with E-state index in [1.807, 2.05) is 0 Å². The minimum absolute atomic E-state index is 0. The lowest BCUT2D eigenvalue weighted by molar-refractivity contribution is 0.949. The molecule has 196 valence electrons. The zero-order valence-electron chi connectivity index (χ0n) is 23.5. The van der Waals surface area contributed by atoms with Crippen molar-refractivity contribution >= 4 is 44.9 Å². The lowest BCUT2D eigenvalue weighted by Gasteiger charge is -2.15. The Bertz CT molecular complexity index is 1340. The molecule has 4 saturated heterocycles. The van der Waals surface area contributed by atoms with Crippen LogP contribution in [0.1, 0.15) is 52.8 Å². The van der Waals surface area contributed by atoms with Crippen LogP contribution in [0, 0.1) is 0 Å². The van der Waals surface area contributed by atoms with E-state index in [9.17, 15) is 0 Å². The molecule has 4 fully saturated rings. The Balaban J connectivity index is 0.00000253. The third-order valence-corrected chi connectivity index (χ3v) is 9.24. The summed E-state index contributed by atoms with van der Waals surface area (Å²) in [5.41, 5.74) is 7.80. The highest BCUT2D eigenvalue weighted by molar-refractivity contribution is 6.02. The van der Waals surface area contributed by atoms with Gasteiger partial charge in [-0.3, -0.25) is 0 Å². The summed E-state index contributed by atoms with van der Waals surface area (Å²) in [6, 6.07) is 13.1. The zero-order chi connectivity index (χ0) is 25.1. The first-order valence-electron chi connectivity index (χ1n) is 15.1. The molecule has 0 bridgehead atoms. The molecule has 4 aromatic carbocycles. The molecule has 0 N–H and O–H groups in total. The molecule has 0 amide bonds. The average molecular weight is 508 g/mol. The standard InChI is InChI=1S/C32H38N6/c1-2-16-35(15-1)29-27(30(29)36-17-3-4-18-36)33-24-13-9-11-23-12-10-14-25(26(23)24)34-28-31(37-19-5-6-20-37)32(28)38-21-7-8-22-38/h9-14H,1-8,15-22H2/p+1. The van der Waals surface area contributed by atoms with Crippen LogP contribution in [0.5, 0.6) is 0 Å². The highest BCUT2D eigenvalue weighted by Crippen LogP contribution is 2.42. The first-order valence-corrected chi connectivity index (χ1v) is 15.1. The molecule has 0 atom stereocenters. The lowest BCUT2D eigenvalue weighted by Crippen LogP contribution is -2.18. The van der Waals surface area contributed by atoms with Crippen molar-refractivity contribution in [2.75, 3.05) is 72.0 Å². The summed E-state index contributed by atoms with van der Waals surface area (Å²) in [5, 5.41) is 4.87. The van der Waals surface area contributed by atoms with Gasteiger partial charge in [-0.2, -0.15) is 0 Å². The summed E-state index contributed by atoms with van der Waals surface area (Å²) in [6.45, 7) is 9.37. The van der Waals surface area contributed by atoms with Gasteiger partial charge < -0.3 is 19.6 Å². The van der Waals surface area contributed by atoms with Crippen molar-refractivity contribution in [1.29, 1.82) is 0 Å². The van der Waals surface area contributed by atoms with E-state index in [1.54, 1.807) is 0 Å². The maximum Gasteiger partial charge on any atom is 1.00 e. The number of hydrogen-bond acceptors (Lipinski definition) is 6. The van der Waals surface area contributed by atoms with Crippen molar-refractivity contribution in [2.24, 2.45) is 9.98 Å². The van der Waals surface area contributed by atoms with Gasteiger partial charge in [0.25, 0.3) is 0 Å². The molecule has 8 rings (SSSR count). The molecule has 0 spiro atoms. The van der Waals surface area contributed by atoms with Gasteiger partial charge in [0.2, 0.25) is 0 Å². The van der Waals surface area contributed by atoms with Crippen LogP contribution in [-0.2, 0) is 0 Å². The maximum absolute atomic E-state index is 5.39. The van der Waals surface area contributed by atoms with Crippen molar-refractivity contribution in [3.8, 4) is 0 Å². The van der Waals surface area contributed by atoms with Gasteiger partial charge in [0, 0.05) is 57.7 Å². The second-order valence-corrected chi connectivity index (χ2v) is 11.7. The van der Waals surface area contributed by atoms with Crippen LogP contribution in [0.4, 0.5) is 34.1 Å². The van der Waals surface area contributed by atoms with Gasteiger partial charge in [0.15, 0.2) is 0 Å². The summed E-state index contributed by atoms with van der Waals surface area (Å²) in [7, 11) is 0. The zero-order valence-corrected chi connectivity index (χ0v) is 22.5. The summed E-state index contributed by atoms with van der Waals surface area (Å²) in [4.78, 5) is 21.1. The third-order valence-electron chi connectivity index (χ3n) is 9.24. The van der Waals surface area contributed by atoms with Crippen LogP contribution >= 0.6 is 0 Å². The molecule has 0 radical (unpaired) electrons. The van der Waals surface area contributed by atoms with Crippen LogP contribution < -0.4 is 30.3 Å². The smallest absolute Gasteiger partial charge is 0.368 e. The Hall–Kier alpha value is -3.28. The number of hydrogen-bond donors (Lipinski definition) is 0. The molecule has 0 saturated carbocycles. The van der Waals surface area contributed by atoms with E-state index in [2.05, 4.69) is 56.0 Å². The molecule has 6 heteroatoms. The largest absolute Gasteiger partial charge is 1.00 e. The highest BCUT2D eigenvalue weighted by Gasteiger charge is 2.34. The van der Waals surface area contributed by atoms with Crippen LogP contribution in [0.3, 0.4) is 0 Å². The molecule has 38 heavy (non-hydrogen) atoms. The van der Waals surface area contributed by atoms with Crippen molar-refractivity contribution in [1.82, 2.24) is 0 Å². The number of anilines is 4. The summed E-state index contributed by atoms with van der Waals surface area (Å²) >= 11 is 0. The Morgan fingerprint density at radius 3 is 1.08 bits per heavy atom. The van der Waals surface area contributed by atoms with E-state index in [1.165, 1.54) is 148 Å². The minimum Gasteiger partial charge on any atom is -0.368 e. The van der Waals surface area contributed by atoms with Crippen LogP contribution in [0.2, 0.25) is 0 Å². The number of nitrogens with zero attached hydrogens (tertiary/aromatic N) is 6. The molecule has 0 aliphatic carbocycles.